The highest BCUT2D eigenvalue weighted by molar-refractivity contribution is 9.10. The minimum Gasteiger partial charge on any atom is -0.367 e. The number of halogens is 1. The van der Waals surface area contributed by atoms with Gasteiger partial charge in [0.2, 0.25) is 0 Å². The zero-order valence-corrected chi connectivity index (χ0v) is 13.2. The fraction of sp³-hybridized carbons (Fsp3) is 0.294. The van der Waals surface area contributed by atoms with Crippen LogP contribution in [-0.2, 0) is 11.3 Å². The maximum Gasteiger partial charge on any atom is 0.0991 e. The fourth-order valence-corrected chi connectivity index (χ4v) is 2.63. The first-order chi connectivity index (χ1) is 9.72. The Bertz CT molecular complexity index is 530. The Morgan fingerprint density at radius 1 is 1.05 bits per heavy atom. The van der Waals surface area contributed by atoms with Gasteiger partial charge in [-0.1, -0.05) is 71.4 Å². The molecule has 0 aliphatic carbocycles. The zero-order chi connectivity index (χ0) is 14.4. The first-order valence-electron chi connectivity index (χ1n) is 6.88. The molecule has 0 amide bonds. The van der Waals surface area contributed by atoms with Gasteiger partial charge in [-0.2, -0.15) is 0 Å². The molecule has 0 heterocycles. The number of rotatable bonds is 6. The van der Waals surface area contributed by atoms with Crippen LogP contribution in [-0.4, -0.2) is 6.04 Å². The lowest BCUT2D eigenvalue weighted by molar-refractivity contribution is 0.0208. The van der Waals surface area contributed by atoms with Crippen molar-refractivity contribution >= 4 is 15.9 Å². The lowest BCUT2D eigenvalue weighted by Crippen LogP contribution is -2.29. The monoisotopic (exact) mass is 333 g/mol. The summed E-state index contributed by atoms with van der Waals surface area (Å²) in [5.74, 6) is 0. The van der Waals surface area contributed by atoms with Gasteiger partial charge in [-0.05, 0) is 23.6 Å². The zero-order valence-electron chi connectivity index (χ0n) is 11.6. The molecule has 2 N–H and O–H groups in total. The first kappa shape index (κ1) is 15.2. The lowest BCUT2D eigenvalue weighted by atomic mass is 10.0. The Kier molecular flexibility index (Phi) is 5.77. The summed E-state index contributed by atoms with van der Waals surface area (Å²) in [4.78, 5) is 0. The van der Waals surface area contributed by atoms with E-state index in [1.54, 1.807) is 0 Å². The predicted molar refractivity (Wildman–Crippen MR) is 86.4 cm³/mol. The van der Waals surface area contributed by atoms with Crippen molar-refractivity contribution < 1.29 is 4.74 Å². The quantitative estimate of drug-likeness (QED) is 0.847. The summed E-state index contributed by atoms with van der Waals surface area (Å²) in [6.07, 6.45) is 0.775. The topological polar surface area (TPSA) is 35.2 Å². The fourth-order valence-electron chi connectivity index (χ4n) is 2.12. The van der Waals surface area contributed by atoms with Crippen LogP contribution in [0.15, 0.2) is 59.1 Å². The van der Waals surface area contributed by atoms with Gasteiger partial charge in [0.1, 0.15) is 0 Å². The Morgan fingerprint density at radius 2 is 1.70 bits per heavy atom. The molecule has 3 heteroatoms. The van der Waals surface area contributed by atoms with E-state index in [-0.39, 0.29) is 12.1 Å². The van der Waals surface area contributed by atoms with Crippen molar-refractivity contribution in [2.24, 2.45) is 5.73 Å². The second-order valence-electron chi connectivity index (χ2n) is 4.81. The highest BCUT2D eigenvalue weighted by atomic mass is 79.9. The van der Waals surface area contributed by atoms with Gasteiger partial charge in [0.05, 0.1) is 12.7 Å². The van der Waals surface area contributed by atoms with Crippen LogP contribution in [0.2, 0.25) is 0 Å². The van der Waals surface area contributed by atoms with Gasteiger partial charge < -0.3 is 10.5 Å². The highest BCUT2D eigenvalue weighted by Crippen LogP contribution is 2.29. The van der Waals surface area contributed by atoms with Crippen molar-refractivity contribution in [3.05, 3.63) is 70.2 Å². The largest absolute Gasteiger partial charge is 0.367 e. The summed E-state index contributed by atoms with van der Waals surface area (Å²) >= 11 is 3.59. The van der Waals surface area contributed by atoms with E-state index in [1.807, 2.05) is 36.4 Å². The van der Waals surface area contributed by atoms with Crippen LogP contribution in [0.1, 0.15) is 30.6 Å². The smallest absolute Gasteiger partial charge is 0.0991 e. The molecule has 0 fully saturated rings. The molecule has 0 saturated heterocycles. The normalized spacial score (nSPS) is 13.9. The number of hydrogen-bond acceptors (Lipinski definition) is 2. The van der Waals surface area contributed by atoms with E-state index < -0.39 is 0 Å². The van der Waals surface area contributed by atoms with Crippen LogP contribution in [0.25, 0.3) is 0 Å². The van der Waals surface area contributed by atoms with Crippen molar-refractivity contribution in [2.45, 2.75) is 32.1 Å². The third kappa shape index (κ3) is 3.92. The molecule has 0 radical (unpaired) electrons. The van der Waals surface area contributed by atoms with E-state index in [2.05, 4.69) is 41.1 Å². The molecule has 2 atom stereocenters. The Morgan fingerprint density at radius 3 is 2.35 bits per heavy atom. The molecule has 0 bridgehead atoms. The second kappa shape index (κ2) is 7.58. The number of hydrogen-bond donors (Lipinski definition) is 1. The summed E-state index contributed by atoms with van der Waals surface area (Å²) < 4.78 is 7.14. The second-order valence-corrected chi connectivity index (χ2v) is 5.67. The van der Waals surface area contributed by atoms with Crippen LogP contribution in [0.3, 0.4) is 0 Å². The van der Waals surface area contributed by atoms with E-state index >= 15 is 0 Å². The molecule has 2 unspecified atom stereocenters. The van der Waals surface area contributed by atoms with E-state index in [4.69, 9.17) is 10.5 Å². The molecule has 2 aromatic rings. The molecular formula is C17H20BrNO. The van der Waals surface area contributed by atoms with Gasteiger partial charge in [0.25, 0.3) is 0 Å². The van der Waals surface area contributed by atoms with E-state index in [0.717, 1.165) is 22.0 Å². The van der Waals surface area contributed by atoms with Crippen molar-refractivity contribution in [1.82, 2.24) is 0 Å². The summed E-state index contributed by atoms with van der Waals surface area (Å²) in [5.41, 5.74) is 8.51. The molecule has 2 rings (SSSR count). The van der Waals surface area contributed by atoms with Gasteiger partial charge in [0.15, 0.2) is 0 Å². The minimum atomic E-state index is -0.101. The van der Waals surface area contributed by atoms with Crippen LogP contribution < -0.4 is 5.73 Å². The highest BCUT2D eigenvalue weighted by Gasteiger charge is 2.21. The van der Waals surface area contributed by atoms with Gasteiger partial charge in [-0.15, -0.1) is 0 Å². The summed E-state index contributed by atoms with van der Waals surface area (Å²) in [6.45, 7) is 2.65. The van der Waals surface area contributed by atoms with Crippen molar-refractivity contribution in [2.75, 3.05) is 0 Å². The summed E-state index contributed by atoms with van der Waals surface area (Å²) in [7, 11) is 0. The number of nitrogens with two attached hydrogens (primary N) is 1. The molecule has 2 nitrogen and oxygen atoms in total. The average molecular weight is 334 g/mol. The number of benzene rings is 2. The standard InChI is InChI=1S/C17H20BrNO/c1-2-16(19)17(14-10-6-7-11-15(14)18)20-12-13-8-4-3-5-9-13/h3-11,16-17H,2,12,19H2,1H3. The van der Waals surface area contributed by atoms with E-state index in [0.29, 0.717) is 6.61 Å². The number of ether oxygens (including phenoxy) is 1. The Hall–Kier alpha value is -1.16. The summed E-state index contributed by atoms with van der Waals surface area (Å²) in [6, 6.07) is 18.3. The molecule has 0 saturated carbocycles. The molecule has 2 aromatic carbocycles. The van der Waals surface area contributed by atoms with Gasteiger partial charge in [0, 0.05) is 10.5 Å². The van der Waals surface area contributed by atoms with Gasteiger partial charge in [-0.3, -0.25) is 0 Å². The van der Waals surface area contributed by atoms with Crippen molar-refractivity contribution in [3.63, 3.8) is 0 Å². The maximum atomic E-state index is 6.24. The van der Waals surface area contributed by atoms with E-state index in [9.17, 15) is 0 Å². The maximum absolute atomic E-state index is 6.24. The SMILES string of the molecule is CCC(N)C(OCc1ccccc1)c1ccccc1Br. The molecule has 0 aromatic heterocycles. The third-order valence-corrected chi connectivity index (χ3v) is 4.07. The summed E-state index contributed by atoms with van der Waals surface area (Å²) in [5, 5.41) is 0. The van der Waals surface area contributed by atoms with Crippen LogP contribution in [0, 0.1) is 0 Å². The molecule has 0 aliphatic heterocycles. The van der Waals surface area contributed by atoms with Gasteiger partial charge in [-0.25, -0.2) is 0 Å². The Labute approximate surface area is 129 Å². The van der Waals surface area contributed by atoms with E-state index in [1.165, 1.54) is 0 Å². The minimum absolute atomic E-state index is 0.0163. The predicted octanol–water partition coefficient (Wildman–Crippen LogP) is 4.44. The lowest BCUT2D eigenvalue weighted by Gasteiger charge is -2.25. The third-order valence-electron chi connectivity index (χ3n) is 3.34. The Balaban J connectivity index is 2.15. The molecule has 0 aliphatic rings. The molecule has 0 spiro atoms. The molecular weight excluding hydrogens is 314 g/mol. The van der Waals surface area contributed by atoms with Gasteiger partial charge >= 0.3 is 0 Å². The van der Waals surface area contributed by atoms with Crippen LogP contribution >= 0.6 is 15.9 Å². The molecule has 20 heavy (non-hydrogen) atoms. The average Bonchev–Trinajstić information content (AvgIpc) is 2.50. The van der Waals surface area contributed by atoms with Crippen LogP contribution in [0.4, 0.5) is 0 Å². The van der Waals surface area contributed by atoms with Crippen molar-refractivity contribution in [3.8, 4) is 0 Å². The van der Waals surface area contributed by atoms with Crippen molar-refractivity contribution in [1.29, 1.82) is 0 Å². The van der Waals surface area contributed by atoms with Crippen LogP contribution in [0.5, 0.6) is 0 Å². The molecule has 106 valence electrons. The first-order valence-corrected chi connectivity index (χ1v) is 7.67.